The van der Waals surface area contributed by atoms with Gasteiger partial charge >= 0.3 is 0 Å². The Morgan fingerprint density at radius 3 is 2.80 bits per heavy atom. The van der Waals surface area contributed by atoms with Crippen molar-refractivity contribution in [3.63, 3.8) is 0 Å². The maximum absolute atomic E-state index is 11.5. The summed E-state index contributed by atoms with van der Waals surface area (Å²) in [6, 6.07) is 5.02. The van der Waals surface area contributed by atoms with Gasteiger partial charge in [0.25, 0.3) is 0 Å². The predicted molar refractivity (Wildman–Crippen MR) is 56.6 cm³/mol. The molecule has 15 heavy (non-hydrogen) atoms. The molecule has 1 aromatic heterocycles. The van der Waals surface area contributed by atoms with E-state index in [9.17, 15) is 8.42 Å². The summed E-state index contributed by atoms with van der Waals surface area (Å²) in [5.74, 6) is 0.233. The van der Waals surface area contributed by atoms with Gasteiger partial charge in [-0.25, -0.2) is 13.4 Å². The summed E-state index contributed by atoms with van der Waals surface area (Å²) in [4.78, 5) is 3.84. The van der Waals surface area contributed by atoms with Crippen molar-refractivity contribution >= 4 is 15.8 Å². The van der Waals surface area contributed by atoms with Crippen LogP contribution >= 0.6 is 0 Å². The molecule has 0 spiro atoms. The van der Waals surface area contributed by atoms with E-state index in [1.165, 1.54) is 13.1 Å². The third-order valence-corrected chi connectivity index (χ3v) is 3.34. The molecule has 1 heterocycles. The van der Waals surface area contributed by atoms with Gasteiger partial charge in [0.2, 0.25) is 10.0 Å². The second-order valence-corrected chi connectivity index (χ2v) is 5.14. The molecule has 0 aliphatic carbocycles. The molecule has 1 rings (SSSR count). The van der Waals surface area contributed by atoms with Gasteiger partial charge in [-0.3, -0.25) is 4.72 Å². The molecule has 5 nitrogen and oxygen atoms in total. The predicted octanol–water partition coefficient (Wildman–Crippen LogP) is 1.04. The highest BCUT2D eigenvalue weighted by Crippen LogP contribution is 2.10. The molecule has 0 bridgehead atoms. The second-order valence-electron chi connectivity index (χ2n) is 3.14. The van der Waals surface area contributed by atoms with E-state index in [0.29, 0.717) is 0 Å². The first-order valence-corrected chi connectivity index (χ1v) is 5.84. The summed E-state index contributed by atoms with van der Waals surface area (Å²) in [5, 5.41) is 7.42. The molecule has 80 valence electrons. The summed E-state index contributed by atoms with van der Waals surface area (Å²) in [6.07, 6.45) is 1.50. The number of anilines is 1. The zero-order valence-electron chi connectivity index (χ0n) is 8.43. The Labute approximate surface area is 88.8 Å². The van der Waals surface area contributed by atoms with Gasteiger partial charge in [0.15, 0.2) is 5.25 Å². The average molecular weight is 225 g/mol. The molecule has 6 heteroatoms. The average Bonchev–Trinajstić information content (AvgIpc) is 2.15. The fourth-order valence-electron chi connectivity index (χ4n) is 0.896. The van der Waals surface area contributed by atoms with Crippen molar-refractivity contribution in [1.29, 1.82) is 5.26 Å². The maximum atomic E-state index is 11.5. The van der Waals surface area contributed by atoms with Crippen molar-refractivity contribution in [2.24, 2.45) is 0 Å². The largest absolute Gasteiger partial charge is 0.266 e. The maximum Gasteiger partial charge on any atom is 0.250 e. The lowest BCUT2D eigenvalue weighted by Gasteiger charge is -2.08. The zero-order valence-corrected chi connectivity index (χ0v) is 9.25. The molecule has 1 unspecified atom stereocenters. The first-order valence-electron chi connectivity index (χ1n) is 4.29. The number of aryl methyl sites for hydroxylation is 1. The third kappa shape index (κ3) is 2.92. The molecule has 0 aliphatic rings. The highest BCUT2D eigenvalue weighted by molar-refractivity contribution is 7.93. The summed E-state index contributed by atoms with van der Waals surface area (Å²) in [7, 11) is -3.65. The standard InChI is InChI=1S/C9H11N3O2S/c1-7-3-4-11-9(5-7)12-15(13,14)8(2)6-10/h3-5,8H,1-2H3,(H,11,12). The van der Waals surface area contributed by atoms with Crippen LogP contribution in [0.5, 0.6) is 0 Å². The Morgan fingerprint density at radius 2 is 2.27 bits per heavy atom. The van der Waals surface area contributed by atoms with Crippen molar-refractivity contribution in [3.8, 4) is 6.07 Å². The molecular weight excluding hydrogens is 214 g/mol. The first kappa shape index (κ1) is 11.5. The van der Waals surface area contributed by atoms with Gasteiger partial charge in [-0.15, -0.1) is 0 Å². The number of hydrogen-bond acceptors (Lipinski definition) is 4. The Bertz CT molecular complexity index is 490. The van der Waals surface area contributed by atoms with Crippen molar-refractivity contribution in [1.82, 2.24) is 4.98 Å². The molecule has 0 amide bonds. The van der Waals surface area contributed by atoms with Crippen molar-refractivity contribution < 1.29 is 8.42 Å². The number of nitrogens with one attached hydrogen (secondary N) is 1. The van der Waals surface area contributed by atoms with Crippen LogP contribution in [0.4, 0.5) is 5.82 Å². The lowest BCUT2D eigenvalue weighted by Crippen LogP contribution is -2.24. The van der Waals surface area contributed by atoms with Crippen LogP contribution in [0.2, 0.25) is 0 Å². The minimum atomic E-state index is -3.65. The van der Waals surface area contributed by atoms with Crippen molar-refractivity contribution in [2.45, 2.75) is 19.1 Å². The smallest absolute Gasteiger partial charge is 0.250 e. The SMILES string of the molecule is Cc1ccnc(NS(=O)(=O)C(C)C#N)c1. The molecule has 0 aliphatic heterocycles. The van der Waals surface area contributed by atoms with Gasteiger partial charge < -0.3 is 0 Å². The molecule has 0 saturated carbocycles. The van der Waals surface area contributed by atoms with Crippen LogP contribution in [0.3, 0.4) is 0 Å². The van der Waals surface area contributed by atoms with Gasteiger partial charge in [-0.1, -0.05) is 0 Å². The summed E-state index contributed by atoms with van der Waals surface area (Å²) in [5.41, 5.74) is 0.896. The molecule has 1 aromatic rings. The molecule has 0 radical (unpaired) electrons. The van der Waals surface area contributed by atoms with E-state index >= 15 is 0 Å². The Morgan fingerprint density at radius 1 is 1.60 bits per heavy atom. The van der Waals surface area contributed by atoms with E-state index in [1.54, 1.807) is 18.2 Å². The summed E-state index contributed by atoms with van der Waals surface area (Å²) in [6.45, 7) is 3.14. The molecular formula is C9H11N3O2S. The monoisotopic (exact) mass is 225 g/mol. The van der Waals surface area contributed by atoms with Crippen LogP contribution in [0.15, 0.2) is 18.3 Å². The third-order valence-electron chi connectivity index (χ3n) is 1.81. The van der Waals surface area contributed by atoms with E-state index in [4.69, 9.17) is 5.26 Å². The summed E-state index contributed by atoms with van der Waals surface area (Å²) < 4.78 is 25.2. The van der Waals surface area contributed by atoms with E-state index < -0.39 is 15.3 Å². The lowest BCUT2D eigenvalue weighted by atomic mass is 10.3. The Hall–Kier alpha value is -1.61. The number of nitrogens with zero attached hydrogens (tertiary/aromatic N) is 2. The van der Waals surface area contributed by atoms with Crippen molar-refractivity contribution in [2.75, 3.05) is 4.72 Å². The van der Waals surface area contributed by atoms with Gasteiger partial charge in [-0.2, -0.15) is 5.26 Å². The Kier molecular flexibility index (Phi) is 3.27. The van der Waals surface area contributed by atoms with Gasteiger partial charge in [0.1, 0.15) is 5.82 Å². The molecule has 0 aromatic carbocycles. The van der Waals surface area contributed by atoms with E-state index in [-0.39, 0.29) is 5.82 Å². The van der Waals surface area contributed by atoms with Gasteiger partial charge in [-0.05, 0) is 31.5 Å². The first-order chi connectivity index (χ1) is 6.95. The number of hydrogen-bond donors (Lipinski definition) is 1. The number of pyridine rings is 1. The van der Waals surface area contributed by atoms with Crippen LogP contribution in [-0.4, -0.2) is 18.7 Å². The minimum absolute atomic E-state index is 0.233. The number of aromatic nitrogens is 1. The summed E-state index contributed by atoms with van der Waals surface area (Å²) >= 11 is 0. The fraction of sp³-hybridized carbons (Fsp3) is 0.333. The van der Waals surface area contributed by atoms with Crippen LogP contribution < -0.4 is 4.72 Å². The van der Waals surface area contributed by atoms with Crippen molar-refractivity contribution in [3.05, 3.63) is 23.9 Å². The Balaban J connectivity index is 2.93. The quantitative estimate of drug-likeness (QED) is 0.833. The van der Waals surface area contributed by atoms with Crippen LogP contribution in [0.25, 0.3) is 0 Å². The minimum Gasteiger partial charge on any atom is -0.266 e. The fourth-order valence-corrected chi connectivity index (χ4v) is 1.61. The number of rotatable bonds is 3. The highest BCUT2D eigenvalue weighted by atomic mass is 32.2. The normalized spacial score (nSPS) is 12.9. The van der Waals surface area contributed by atoms with Gasteiger partial charge in [0, 0.05) is 6.20 Å². The van der Waals surface area contributed by atoms with Crippen LogP contribution in [0, 0.1) is 18.3 Å². The van der Waals surface area contributed by atoms with Crippen LogP contribution in [-0.2, 0) is 10.0 Å². The second kappa shape index (κ2) is 4.28. The van der Waals surface area contributed by atoms with E-state index in [2.05, 4.69) is 9.71 Å². The van der Waals surface area contributed by atoms with E-state index in [1.807, 2.05) is 6.92 Å². The molecule has 1 N–H and O–H groups in total. The molecule has 1 atom stereocenters. The number of sulfonamides is 1. The molecule has 0 saturated heterocycles. The van der Waals surface area contributed by atoms with E-state index in [0.717, 1.165) is 5.56 Å². The number of nitriles is 1. The molecule has 0 fully saturated rings. The van der Waals surface area contributed by atoms with Crippen LogP contribution in [0.1, 0.15) is 12.5 Å². The lowest BCUT2D eigenvalue weighted by molar-refractivity contribution is 0.597. The zero-order chi connectivity index (χ0) is 11.5. The topological polar surface area (TPSA) is 82.8 Å². The van der Waals surface area contributed by atoms with Gasteiger partial charge in [0.05, 0.1) is 6.07 Å². The highest BCUT2D eigenvalue weighted by Gasteiger charge is 2.20.